The van der Waals surface area contributed by atoms with E-state index in [0.29, 0.717) is 5.56 Å². The number of pyridine rings is 1. The van der Waals surface area contributed by atoms with E-state index in [0.717, 1.165) is 24.3 Å². The van der Waals surface area contributed by atoms with Gasteiger partial charge in [0.05, 0.1) is 10.8 Å². The highest BCUT2D eigenvalue weighted by atomic mass is 35.5. The largest absolute Gasteiger partial charge is 0.374 e. The molecule has 1 heterocycles. The first-order valence-corrected chi connectivity index (χ1v) is 7.09. The van der Waals surface area contributed by atoms with E-state index in [4.69, 9.17) is 11.6 Å². The normalized spacial score (nSPS) is 10.4. The Labute approximate surface area is 128 Å². The Hall–Kier alpha value is -2.14. The Bertz CT molecular complexity index is 620. The molecule has 0 radical (unpaired) electrons. The highest BCUT2D eigenvalue weighted by Crippen LogP contribution is 2.25. The molecule has 0 aliphatic rings. The van der Waals surface area contributed by atoms with E-state index in [-0.39, 0.29) is 11.6 Å². The van der Waals surface area contributed by atoms with Crippen LogP contribution in [0.3, 0.4) is 0 Å². The molecule has 0 saturated heterocycles. The molecule has 0 saturated carbocycles. The van der Waals surface area contributed by atoms with Crippen molar-refractivity contribution in [1.82, 2.24) is 4.98 Å². The SMILES string of the molecule is CN(CCc1ccccn1)c1ccc([N+](=O)[O-])c(CCl)c1. The summed E-state index contributed by atoms with van der Waals surface area (Å²) in [5.41, 5.74) is 2.52. The van der Waals surface area contributed by atoms with E-state index in [2.05, 4.69) is 4.98 Å². The van der Waals surface area contributed by atoms with Crippen LogP contribution < -0.4 is 4.90 Å². The van der Waals surface area contributed by atoms with Gasteiger partial charge in [0.15, 0.2) is 0 Å². The van der Waals surface area contributed by atoms with Crippen LogP contribution in [0.25, 0.3) is 0 Å². The Morgan fingerprint density at radius 2 is 2.14 bits per heavy atom. The van der Waals surface area contributed by atoms with Gasteiger partial charge in [0, 0.05) is 49.2 Å². The van der Waals surface area contributed by atoms with Crippen molar-refractivity contribution in [1.29, 1.82) is 0 Å². The van der Waals surface area contributed by atoms with Gasteiger partial charge in [-0.3, -0.25) is 15.1 Å². The van der Waals surface area contributed by atoms with E-state index in [1.165, 1.54) is 6.07 Å². The van der Waals surface area contributed by atoms with Crippen LogP contribution in [0, 0.1) is 10.1 Å². The number of nitro benzene ring substituents is 1. The predicted molar refractivity (Wildman–Crippen MR) is 83.9 cm³/mol. The average molecular weight is 306 g/mol. The molecule has 0 atom stereocenters. The van der Waals surface area contributed by atoms with Crippen LogP contribution in [0.2, 0.25) is 0 Å². The number of alkyl halides is 1. The smallest absolute Gasteiger partial charge is 0.273 e. The zero-order valence-electron chi connectivity index (χ0n) is 11.7. The number of anilines is 1. The minimum absolute atomic E-state index is 0.0619. The molecule has 1 aromatic carbocycles. The van der Waals surface area contributed by atoms with E-state index in [1.807, 2.05) is 30.1 Å². The second kappa shape index (κ2) is 7.04. The number of rotatable bonds is 6. The number of hydrogen-bond donors (Lipinski definition) is 0. The fourth-order valence-corrected chi connectivity index (χ4v) is 2.27. The van der Waals surface area contributed by atoms with Crippen molar-refractivity contribution in [2.75, 3.05) is 18.5 Å². The van der Waals surface area contributed by atoms with Gasteiger partial charge in [0.2, 0.25) is 0 Å². The lowest BCUT2D eigenvalue weighted by atomic mass is 10.1. The molecule has 2 aromatic rings. The van der Waals surface area contributed by atoms with Crippen LogP contribution >= 0.6 is 11.6 Å². The maximum absolute atomic E-state index is 10.9. The maximum atomic E-state index is 10.9. The fraction of sp³-hybridized carbons (Fsp3) is 0.267. The summed E-state index contributed by atoms with van der Waals surface area (Å²) in [6.07, 6.45) is 2.58. The van der Waals surface area contributed by atoms with Gasteiger partial charge < -0.3 is 4.90 Å². The molecule has 1 aromatic heterocycles. The third-order valence-electron chi connectivity index (χ3n) is 3.27. The molecule has 0 amide bonds. The number of aromatic nitrogens is 1. The first kappa shape index (κ1) is 15.3. The van der Waals surface area contributed by atoms with Gasteiger partial charge in [0.25, 0.3) is 5.69 Å². The molecule has 5 nitrogen and oxygen atoms in total. The highest BCUT2D eigenvalue weighted by Gasteiger charge is 2.14. The number of benzene rings is 1. The van der Waals surface area contributed by atoms with Crippen LogP contribution in [0.15, 0.2) is 42.6 Å². The third kappa shape index (κ3) is 3.92. The lowest BCUT2D eigenvalue weighted by molar-refractivity contribution is -0.385. The first-order chi connectivity index (χ1) is 10.1. The van der Waals surface area contributed by atoms with Crippen LogP contribution in [0.1, 0.15) is 11.3 Å². The summed E-state index contributed by atoms with van der Waals surface area (Å²) in [6, 6.07) is 10.8. The van der Waals surface area contributed by atoms with Crippen LogP contribution in [0.4, 0.5) is 11.4 Å². The summed E-state index contributed by atoms with van der Waals surface area (Å²) in [5, 5.41) is 10.9. The van der Waals surface area contributed by atoms with Gasteiger partial charge in [-0.1, -0.05) is 6.07 Å². The lowest BCUT2D eigenvalue weighted by Gasteiger charge is -2.19. The number of nitrogens with zero attached hydrogens (tertiary/aromatic N) is 3. The molecule has 110 valence electrons. The van der Waals surface area contributed by atoms with Crippen molar-refractivity contribution in [2.45, 2.75) is 12.3 Å². The van der Waals surface area contributed by atoms with Crippen LogP contribution in [-0.4, -0.2) is 23.5 Å². The summed E-state index contributed by atoms with van der Waals surface area (Å²) in [4.78, 5) is 16.8. The van der Waals surface area contributed by atoms with Crippen LogP contribution in [-0.2, 0) is 12.3 Å². The monoisotopic (exact) mass is 305 g/mol. The number of likely N-dealkylation sites (N-methyl/N-ethyl adjacent to an activating group) is 1. The van der Waals surface area contributed by atoms with Gasteiger partial charge in [-0.25, -0.2) is 0 Å². The van der Waals surface area contributed by atoms with Gasteiger partial charge in [0.1, 0.15) is 0 Å². The Morgan fingerprint density at radius 3 is 2.76 bits per heavy atom. The molecule has 2 rings (SSSR count). The second-order valence-corrected chi connectivity index (χ2v) is 4.96. The van der Waals surface area contributed by atoms with Crippen molar-refractivity contribution < 1.29 is 4.92 Å². The maximum Gasteiger partial charge on any atom is 0.273 e. The Morgan fingerprint density at radius 1 is 1.33 bits per heavy atom. The molecule has 0 unspecified atom stereocenters. The topological polar surface area (TPSA) is 59.3 Å². The van der Waals surface area contributed by atoms with E-state index in [9.17, 15) is 10.1 Å². The van der Waals surface area contributed by atoms with E-state index >= 15 is 0 Å². The van der Waals surface area contributed by atoms with E-state index < -0.39 is 4.92 Å². The predicted octanol–water partition coefficient (Wildman–Crippen LogP) is 3.41. The Balaban J connectivity index is 2.08. The lowest BCUT2D eigenvalue weighted by Crippen LogP contribution is -2.20. The molecule has 0 bridgehead atoms. The zero-order valence-corrected chi connectivity index (χ0v) is 12.5. The van der Waals surface area contributed by atoms with Gasteiger partial charge >= 0.3 is 0 Å². The molecule has 0 spiro atoms. The molecule has 0 N–H and O–H groups in total. The third-order valence-corrected chi connectivity index (χ3v) is 3.56. The minimum atomic E-state index is -0.407. The molecule has 0 aliphatic heterocycles. The van der Waals surface area contributed by atoms with Crippen molar-refractivity contribution >= 4 is 23.0 Å². The zero-order chi connectivity index (χ0) is 15.2. The van der Waals surface area contributed by atoms with Gasteiger partial charge in [-0.2, -0.15) is 0 Å². The molecular weight excluding hydrogens is 290 g/mol. The van der Waals surface area contributed by atoms with Crippen molar-refractivity contribution in [3.63, 3.8) is 0 Å². The fourth-order valence-electron chi connectivity index (χ4n) is 2.05. The van der Waals surface area contributed by atoms with E-state index in [1.54, 1.807) is 18.3 Å². The molecular formula is C15H16ClN3O2. The van der Waals surface area contributed by atoms with Crippen molar-refractivity contribution in [3.8, 4) is 0 Å². The molecule has 6 heteroatoms. The quantitative estimate of drug-likeness (QED) is 0.466. The Kier molecular flexibility index (Phi) is 5.11. The summed E-state index contributed by atoms with van der Waals surface area (Å²) < 4.78 is 0. The van der Waals surface area contributed by atoms with Gasteiger partial charge in [-0.15, -0.1) is 11.6 Å². The first-order valence-electron chi connectivity index (χ1n) is 6.56. The molecule has 21 heavy (non-hydrogen) atoms. The number of nitro groups is 1. The summed E-state index contributed by atoms with van der Waals surface area (Å²) in [7, 11) is 1.95. The molecule has 0 aliphatic carbocycles. The standard InChI is InChI=1S/C15H16ClN3O2/c1-18(9-7-13-4-2-3-8-17-13)14-5-6-15(19(20)21)12(10-14)11-16/h2-6,8,10H,7,9,11H2,1H3. The summed E-state index contributed by atoms with van der Waals surface area (Å²) >= 11 is 5.79. The van der Waals surface area contributed by atoms with Gasteiger partial charge in [-0.05, 0) is 24.3 Å². The summed E-state index contributed by atoms with van der Waals surface area (Å²) in [5.74, 6) is 0.123. The average Bonchev–Trinajstić information content (AvgIpc) is 2.52. The van der Waals surface area contributed by atoms with Crippen molar-refractivity contribution in [3.05, 3.63) is 64.0 Å². The highest BCUT2D eigenvalue weighted by molar-refractivity contribution is 6.17. The van der Waals surface area contributed by atoms with Crippen LogP contribution in [0.5, 0.6) is 0 Å². The number of halogens is 1. The van der Waals surface area contributed by atoms with Crippen molar-refractivity contribution in [2.24, 2.45) is 0 Å². The number of hydrogen-bond acceptors (Lipinski definition) is 4. The minimum Gasteiger partial charge on any atom is -0.374 e. The second-order valence-electron chi connectivity index (χ2n) is 4.70. The molecule has 0 fully saturated rings. The summed E-state index contributed by atoms with van der Waals surface area (Å²) in [6.45, 7) is 0.774.